The second kappa shape index (κ2) is 7.11. The predicted octanol–water partition coefficient (Wildman–Crippen LogP) is 3.16. The summed E-state index contributed by atoms with van der Waals surface area (Å²) in [5, 5.41) is 16.9. The van der Waals surface area contributed by atoms with Gasteiger partial charge in [0, 0.05) is 29.1 Å². The van der Waals surface area contributed by atoms with Crippen LogP contribution in [0.2, 0.25) is 0 Å². The maximum Gasteiger partial charge on any atom is 0.453 e. The van der Waals surface area contributed by atoms with E-state index in [2.05, 4.69) is 20.4 Å². The van der Waals surface area contributed by atoms with E-state index in [0.29, 0.717) is 22.5 Å². The van der Waals surface area contributed by atoms with E-state index in [1.165, 1.54) is 25.1 Å². The molecule has 0 aliphatic rings. The van der Waals surface area contributed by atoms with Crippen LogP contribution in [0, 0.1) is 30.9 Å². The Hall–Kier alpha value is -3.57. The van der Waals surface area contributed by atoms with Crippen molar-refractivity contribution in [2.75, 3.05) is 5.32 Å². The van der Waals surface area contributed by atoms with E-state index >= 15 is 0 Å². The van der Waals surface area contributed by atoms with Gasteiger partial charge in [-0.25, -0.2) is 9.50 Å². The SMILES string of the molecule is Cc1ccc([N+](=O)[O-])cc1NC(=O)Cc1c(C)nc2nc(C(F)(F)F)nn2c1C. The number of halogens is 3. The van der Waals surface area contributed by atoms with Crippen molar-refractivity contribution >= 4 is 23.1 Å². The van der Waals surface area contributed by atoms with E-state index in [-0.39, 0.29) is 23.6 Å². The normalized spacial score (nSPS) is 11.7. The molecule has 3 aromatic rings. The van der Waals surface area contributed by atoms with Gasteiger partial charge >= 0.3 is 6.18 Å². The molecule has 0 fully saturated rings. The summed E-state index contributed by atoms with van der Waals surface area (Å²) in [5.41, 5.74) is 1.73. The summed E-state index contributed by atoms with van der Waals surface area (Å²) in [6.07, 6.45) is -4.92. The molecule has 1 aromatic carbocycles. The van der Waals surface area contributed by atoms with Crippen molar-refractivity contribution in [3.63, 3.8) is 0 Å². The van der Waals surface area contributed by atoms with Gasteiger partial charge in [0.25, 0.3) is 17.3 Å². The zero-order valence-electron chi connectivity index (χ0n) is 15.5. The fraction of sp³-hybridized carbons (Fsp3) is 0.294. The first-order valence-electron chi connectivity index (χ1n) is 8.32. The van der Waals surface area contributed by atoms with E-state index in [1.54, 1.807) is 13.8 Å². The highest BCUT2D eigenvalue weighted by Gasteiger charge is 2.37. The van der Waals surface area contributed by atoms with Gasteiger partial charge in [-0.05, 0) is 26.3 Å². The van der Waals surface area contributed by atoms with E-state index in [0.717, 1.165) is 4.52 Å². The highest BCUT2D eigenvalue weighted by atomic mass is 19.4. The van der Waals surface area contributed by atoms with Crippen LogP contribution in [0.5, 0.6) is 0 Å². The highest BCUT2D eigenvalue weighted by Crippen LogP contribution is 2.27. The molecule has 0 spiro atoms. The molecule has 0 unspecified atom stereocenters. The van der Waals surface area contributed by atoms with Gasteiger partial charge in [-0.1, -0.05) is 6.07 Å². The molecule has 0 saturated heterocycles. The molecule has 0 atom stereocenters. The highest BCUT2D eigenvalue weighted by molar-refractivity contribution is 5.93. The number of non-ortho nitro benzene ring substituents is 1. The maximum atomic E-state index is 12.9. The average molecular weight is 408 g/mol. The summed E-state index contributed by atoms with van der Waals surface area (Å²) >= 11 is 0. The summed E-state index contributed by atoms with van der Waals surface area (Å²) in [7, 11) is 0. The molecule has 3 rings (SSSR count). The van der Waals surface area contributed by atoms with Gasteiger partial charge < -0.3 is 5.32 Å². The van der Waals surface area contributed by atoms with Crippen LogP contribution >= 0.6 is 0 Å². The summed E-state index contributed by atoms with van der Waals surface area (Å²) < 4.78 is 39.5. The quantitative estimate of drug-likeness (QED) is 0.524. The number of nitrogens with one attached hydrogen (secondary N) is 1. The summed E-state index contributed by atoms with van der Waals surface area (Å²) in [6, 6.07) is 4.06. The zero-order chi connectivity index (χ0) is 21.5. The van der Waals surface area contributed by atoms with Crippen molar-refractivity contribution in [2.45, 2.75) is 33.4 Å². The fourth-order valence-corrected chi connectivity index (χ4v) is 2.80. The summed E-state index contributed by atoms with van der Waals surface area (Å²) in [6.45, 7) is 4.74. The number of carbonyl (C=O) groups excluding carboxylic acids is 1. The Labute approximate surface area is 161 Å². The minimum atomic E-state index is -4.72. The number of nitrogens with zero attached hydrogens (tertiary/aromatic N) is 5. The third-order valence-corrected chi connectivity index (χ3v) is 4.35. The van der Waals surface area contributed by atoms with Gasteiger partial charge in [0.15, 0.2) is 0 Å². The minimum Gasteiger partial charge on any atom is -0.325 e. The molecule has 0 radical (unpaired) electrons. The smallest absolute Gasteiger partial charge is 0.325 e. The topological polar surface area (TPSA) is 115 Å². The lowest BCUT2D eigenvalue weighted by Gasteiger charge is -2.12. The number of aryl methyl sites for hydroxylation is 3. The Bertz CT molecular complexity index is 1140. The molecule has 1 amide bonds. The lowest BCUT2D eigenvalue weighted by Crippen LogP contribution is -2.18. The number of amides is 1. The summed E-state index contributed by atoms with van der Waals surface area (Å²) in [4.78, 5) is 30.2. The van der Waals surface area contributed by atoms with Gasteiger partial charge in [-0.2, -0.15) is 18.2 Å². The fourth-order valence-electron chi connectivity index (χ4n) is 2.80. The number of alkyl halides is 3. The van der Waals surface area contributed by atoms with Crippen LogP contribution < -0.4 is 5.32 Å². The number of anilines is 1. The number of carbonyl (C=O) groups is 1. The van der Waals surface area contributed by atoms with Gasteiger partial charge in [0.05, 0.1) is 17.0 Å². The van der Waals surface area contributed by atoms with Crippen LogP contribution in [0.1, 0.15) is 28.3 Å². The number of nitro groups is 1. The number of nitro benzene ring substituents is 1. The lowest BCUT2D eigenvalue weighted by atomic mass is 10.1. The van der Waals surface area contributed by atoms with Gasteiger partial charge in [0.2, 0.25) is 5.91 Å². The first-order valence-corrected chi connectivity index (χ1v) is 8.32. The molecule has 0 aliphatic heterocycles. The summed E-state index contributed by atoms with van der Waals surface area (Å²) in [5.74, 6) is -2.04. The molecular formula is C17H15F3N6O3. The molecule has 2 heterocycles. The Morgan fingerprint density at radius 1 is 1.24 bits per heavy atom. The monoisotopic (exact) mass is 408 g/mol. The second-order valence-corrected chi connectivity index (χ2v) is 6.39. The first-order chi connectivity index (χ1) is 13.5. The van der Waals surface area contributed by atoms with Gasteiger partial charge in [-0.15, -0.1) is 5.10 Å². The molecule has 0 saturated carbocycles. The van der Waals surface area contributed by atoms with Crippen LogP contribution in [0.15, 0.2) is 18.2 Å². The largest absolute Gasteiger partial charge is 0.453 e. The molecular weight excluding hydrogens is 393 g/mol. The Morgan fingerprint density at radius 3 is 2.55 bits per heavy atom. The number of hydrogen-bond acceptors (Lipinski definition) is 6. The third-order valence-electron chi connectivity index (χ3n) is 4.35. The van der Waals surface area contributed by atoms with E-state index < -0.39 is 22.8 Å². The Morgan fingerprint density at radius 2 is 1.93 bits per heavy atom. The van der Waals surface area contributed by atoms with Crippen molar-refractivity contribution in [1.29, 1.82) is 0 Å². The minimum absolute atomic E-state index is 0.177. The number of benzene rings is 1. The average Bonchev–Trinajstić information content (AvgIpc) is 3.05. The number of hydrogen-bond donors (Lipinski definition) is 1. The van der Waals surface area contributed by atoms with Crippen molar-refractivity contribution in [3.05, 3.63) is 56.7 Å². The first kappa shape index (κ1) is 20.2. The van der Waals surface area contributed by atoms with Crippen molar-refractivity contribution in [2.24, 2.45) is 0 Å². The molecule has 1 N–H and O–H groups in total. The van der Waals surface area contributed by atoms with E-state index in [1.807, 2.05) is 0 Å². The predicted molar refractivity (Wildman–Crippen MR) is 95.4 cm³/mol. The second-order valence-electron chi connectivity index (χ2n) is 6.39. The van der Waals surface area contributed by atoms with Crippen molar-refractivity contribution < 1.29 is 22.9 Å². The molecule has 2 aromatic heterocycles. The van der Waals surface area contributed by atoms with Gasteiger partial charge in [-0.3, -0.25) is 14.9 Å². The number of aromatic nitrogens is 4. The zero-order valence-corrected chi connectivity index (χ0v) is 15.5. The Balaban J connectivity index is 1.91. The van der Waals surface area contributed by atoms with Crippen molar-refractivity contribution in [3.8, 4) is 0 Å². The van der Waals surface area contributed by atoms with Crippen LogP contribution in [0.4, 0.5) is 24.5 Å². The molecule has 0 aliphatic carbocycles. The van der Waals surface area contributed by atoms with E-state index in [4.69, 9.17) is 0 Å². The lowest BCUT2D eigenvalue weighted by molar-refractivity contribution is -0.384. The molecule has 29 heavy (non-hydrogen) atoms. The van der Waals surface area contributed by atoms with Crippen LogP contribution in [0.3, 0.4) is 0 Å². The maximum absolute atomic E-state index is 12.9. The molecule has 0 bridgehead atoms. The molecule has 9 nitrogen and oxygen atoms in total. The molecule has 152 valence electrons. The third kappa shape index (κ3) is 4.00. The van der Waals surface area contributed by atoms with E-state index in [9.17, 15) is 28.1 Å². The standard InChI is InChI=1S/C17H15F3N6O3/c1-8-4-5-11(26(28)29)6-13(8)22-14(27)7-12-9(2)21-16-23-15(17(18,19)20)24-25(16)10(12)3/h4-6H,7H2,1-3H3,(H,22,27). The van der Waals surface area contributed by atoms with Crippen LogP contribution in [-0.4, -0.2) is 30.4 Å². The van der Waals surface area contributed by atoms with Crippen molar-refractivity contribution in [1.82, 2.24) is 19.6 Å². The number of fused-ring (bicyclic) bond motifs is 1. The molecule has 12 heteroatoms. The number of rotatable bonds is 4. The van der Waals surface area contributed by atoms with Crippen LogP contribution in [0.25, 0.3) is 5.78 Å². The Kier molecular flexibility index (Phi) is 4.95. The van der Waals surface area contributed by atoms with Gasteiger partial charge in [0.1, 0.15) is 0 Å². The van der Waals surface area contributed by atoms with Crippen LogP contribution in [-0.2, 0) is 17.4 Å².